The second-order valence-electron chi connectivity index (χ2n) is 14.3. The van der Waals surface area contributed by atoms with E-state index in [1.54, 1.807) is 0 Å². The Balaban J connectivity index is 0.000000127. The molecule has 204 valence electrons. The number of rotatable bonds is 3. The van der Waals surface area contributed by atoms with E-state index in [4.69, 9.17) is 0 Å². The van der Waals surface area contributed by atoms with Crippen molar-refractivity contribution in [2.45, 2.75) is 99.3 Å². The van der Waals surface area contributed by atoms with Gasteiger partial charge in [-0.25, -0.2) is 0 Å². The van der Waals surface area contributed by atoms with Crippen LogP contribution in [0.3, 0.4) is 0 Å². The van der Waals surface area contributed by atoms with Gasteiger partial charge in [-0.3, -0.25) is 14.4 Å². The van der Waals surface area contributed by atoms with Crippen molar-refractivity contribution in [3.63, 3.8) is 0 Å². The summed E-state index contributed by atoms with van der Waals surface area (Å²) in [7, 11) is 0. The highest BCUT2D eigenvalue weighted by molar-refractivity contribution is 5.90. The van der Waals surface area contributed by atoms with Gasteiger partial charge >= 0.3 is 0 Å². The van der Waals surface area contributed by atoms with Crippen molar-refractivity contribution in [2.75, 3.05) is 19.8 Å². The Kier molecular flexibility index (Phi) is 6.75. The van der Waals surface area contributed by atoms with E-state index >= 15 is 0 Å². The number of fused-ring (bicyclic) bond motifs is 6. The molecular formula is C30H48O6. The third-order valence-electron chi connectivity index (χ3n) is 13.6. The van der Waals surface area contributed by atoms with Gasteiger partial charge < -0.3 is 15.3 Å². The molecule has 0 aromatic rings. The van der Waals surface area contributed by atoms with Crippen LogP contribution in [0.25, 0.3) is 0 Å². The molecule has 9 atom stereocenters. The van der Waals surface area contributed by atoms with Crippen LogP contribution in [0.4, 0.5) is 0 Å². The first-order chi connectivity index (χ1) is 16.6. The second kappa shape index (κ2) is 8.71. The summed E-state index contributed by atoms with van der Waals surface area (Å²) in [6.45, 7) is 12.8. The number of carbonyl (C=O) groups is 3. The molecule has 0 amide bonds. The van der Waals surface area contributed by atoms with Crippen molar-refractivity contribution in [3.05, 3.63) is 0 Å². The maximum atomic E-state index is 11.6. The number of carbonyl (C=O) groups excluding carboxylic acids is 3. The van der Waals surface area contributed by atoms with E-state index in [0.717, 1.165) is 38.5 Å². The van der Waals surface area contributed by atoms with E-state index in [1.165, 1.54) is 0 Å². The molecule has 6 aliphatic carbocycles. The van der Waals surface area contributed by atoms with Gasteiger partial charge in [0.25, 0.3) is 0 Å². The average Bonchev–Trinajstić information content (AvgIpc) is 3.53. The van der Waals surface area contributed by atoms with Gasteiger partial charge in [0, 0.05) is 71.6 Å². The Labute approximate surface area is 216 Å². The maximum absolute atomic E-state index is 11.6. The van der Waals surface area contributed by atoms with Crippen LogP contribution in [0.5, 0.6) is 0 Å². The highest BCUT2D eigenvalue weighted by Gasteiger charge is 2.65. The lowest BCUT2D eigenvalue weighted by Gasteiger charge is -2.34. The molecule has 0 aliphatic heterocycles. The van der Waals surface area contributed by atoms with Crippen LogP contribution in [-0.2, 0) is 14.4 Å². The molecule has 0 saturated heterocycles. The standard InChI is InChI=1S/3C10H16O2/c3*1-9-4-3-7(5-8(9)12)10(9,2)6-11/h3*7,11H,3-6H2,1-2H3/t3*7-,9+,10-/m000/s1. The largest absolute Gasteiger partial charge is 0.396 e. The quantitative estimate of drug-likeness (QED) is 0.533. The fraction of sp³-hybridized carbons (Fsp3) is 0.900. The Morgan fingerprint density at radius 2 is 0.750 bits per heavy atom. The van der Waals surface area contributed by atoms with Gasteiger partial charge in [-0.2, -0.15) is 0 Å². The molecule has 36 heavy (non-hydrogen) atoms. The Morgan fingerprint density at radius 1 is 0.528 bits per heavy atom. The molecule has 6 bridgehead atoms. The summed E-state index contributed by atoms with van der Waals surface area (Å²) in [6, 6.07) is 0. The monoisotopic (exact) mass is 504 g/mol. The van der Waals surface area contributed by atoms with Crippen molar-refractivity contribution >= 4 is 17.3 Å². The van der Waals surface area contributed by atoms with Gasteiger partial charge in [-0.1, -0.05) is 41.5 Å². The van der Waals surface area contributed by atoms with Gasteiger partial charge in [0.1, 0.15) is 17.3 Å². The van der Waals surface area contributed by atoms with E-state index in [-0.39, 0.29) is 52.3 Å². The molecule has 6 nitrogen and oxygen atoms in total. The lowest BCUT2D eigenvalue weighted by atomic mass is 9.69. The predicted octanol–water partition coefficient (Wildman–Crippen LogP) is 4.12. The van der Waals surface area contributed by atoms with Gasteiger partial charge in [-0.15, -0.1) is 0 Å². The zero-order chi connectivity index (χ0) is 26.9. The molecule has 0 aromatic carbocycles. The van der Waals surface area contributed by atoms with Crippen molar-refractivity contribution in [3.8, 4) is 0 Å². The summed E-state index contributed by atoms with van der Waals surface area (Å²) in [5.41, 5.74) is -1.01. The Hall–Kier alpha value is -1.11. The van der Waals surface area contributed by atoms with Crippen LogP contribution >= 0.6 is 0 Å². The molecule has 0 aromatic heterocycles. The van der Waals surface area contributed by atoms with Crippen LogP contribution in [0.1, 0.15) is 99.3 Å². The first-order valence-electron chi connectivity index (χ1n) is 14.1. The van der Waals surface area contributed by atoms with Crippen LogP contribution < -0.4 is 0 Å². The van der Waals surface area contributed by atoms with E-state index in [2.05, 4.69) is 20.8 Å². The lowest BCUT2D eigenvalue weighted by molar-refractivity contribution is -0.130. The number of Topliss-reactive ketones (excluding diaryl/α,β-unsaturated/α-hetero) is 3. The van der Waals surface area contributed by atoms with E-state index in [1.807, 2.05) is 20.8 Å². The molecule has 0 heterocycles. The fourth-order valence-electron chi connectivity index (χ4n) is 9.17. The van der Waals surface area contributed by atoms with Crippen LogP contribution in [0.15, 0.2) is 0 Å². The number of aliphatic hydroxyl groups excluding tert-OH is 3. The van der Waals surface area contributed by atoms with Crippen molar-refractivity contribution in [1.82, 2.24) is 0 Å². The molecule has 0 spiro atoms. The first kappa shape index (κ1) is 27.9. The van der Waals surface area contributed by atoms with E-state index < -0.39 is 0 Å². The molecule has 3 N–H and O–H groups in total. The topological polar surface area (TPSA) is 112 Å². The number of aliphatic hydroxyl groups is 3. The molecule has 6 saturated carbocycles. The van der Waals surface area contributed by atoms with Gasteiger partial charge in [0.2, 0.25) is 0 Å². The third kappa shape index (κ3) is 3.29. The highest BCUT2D eigenvalue weighted by atomic mass is 16.3. The molecule has 6 heteroatoms. The fourth-order valence-corrected chi connectivity index (χ4v) is 9.17. The highest BCUT2D eigenvalue weighted by Crippen LogP contribution is 2.65. The van der Waals surface area contributed by atoms with Crippen LogP contribution in [0, 0.1) is 50.2 Å². The molecule has 6 fully saturated rings. The average molecular weight is 505 g/mol. The first-order valence-corrected chi connectivity index (χ1v) is 14.1. The number of ketones is 3. The summed E-state index contributed by atoms with van der Waals surface area (Å²) in [5, 5.41) is 28.0. The zero-order valence-corrected chi connectivity index (χ0v) is 23.3. The minimum atomic E-state index is -0.216. The van der Waals surface area contributed by atoms with Crippen molar-refractivity contribution < 1.29 is 29.7 Å². The molecule has 6 rings (SSSR count). The summed E-state index contributed by atoms with van der Waals surface area (Å²) in [5.74, 6) is 2.45. The van der Waals surface area contributed by atoms with Gasteiger partial charge in [-0.05, 0) is 56.3 Å². The van der Waals surface area contributed by atoms with Crippen molar-refractivity contribution in [1.29, 1.82) is 0 Å². The van der Waals surface area contributed by atoms with E-state index in [0.29, 0.717) is 54.4 Å². The minimum Gasteiger partial charge on any atom is -0.396 e. The van der Waals surface area contributed by atoms with Crippen molar-refractivity contribution in [2.24, 2.45) is 50.2 Å². The van der Waals surface area contributed by atoms with Gasteiger partial charge in [0.15, 0.2) is 0 Å². The summed E-state index contributed by atoms with van der Waals surface area (Å²) in [4.78, 5) is 34.9. The van der Waals surface area contributed by atoms with Crippen LogP contribution in [-0.4, -0.2) is 52.5 Å². The second-order valence-corrected chi connectivity index (χ2v) is 14.3. The van der Waals surface area contributed by atoms with Gasteiger partial charge in [0.05, 0.1) is 0 Å². The molecular weight excluding hydrogens is 456 g/mol. The minimum absolute atomic E-state index is 0.121. The van der Waals surface area contributed by atoms with Crippen LogP contribution in [0.2, 0.25) is 0 Å². The normalized spacial score (nSPS) is 51.9. The zero-order valence-electron chi connectivity index (χ0n) is 23.3. The molecule has 0 unspecified atom stereocenters. The lowest BCUT2D eigenvalue weighted by Crippen LogP contribution is -2.37. The number of hydrogen-bond acceptors (Lipinski definition) is 6. The molecule has 6 aliphatic rings. The van der Waals surface area contributed by atoms with E-state index in [9.17, 15) is 29.7 Å². The predicted molar refractivity (Wildman–Crippen MR) is 137 cm³/mol. The summed E-state index contributed by atoms with van der Waals surface area (Å²) < 4.78 is 0. The number of hydrogen-bond donors (Lipinski definition) is 3. The molecule has 0 radical (unpaired) electrons. The third-order valence-corrected chi connectivity index (χ3v) is 13.6. The SMILES string of the molecule is C[C@]1(CO)[C@H]2CC[C@]1(C)C(=O)C2.C[C@]1(CO)[C@H]2CC[C@]1(C)C(=O)C2.C[C@]1(CO)[C@H]2CC[C@]1(C)C(=O)C2. The maximum Gasteiger partial charge on any atom is 0.139 e. The Bertz CT molecular complexity index is 827. The summed E-state index contributed by atoms with van der Waals surface area (Å²) in [6.07, 6.45) is 8.42. The summed E-state index contributed by atoms with van der Waals surface area (Å²) >= 11 is 0. The Morgan fingerprint density at radius 3 is 0.833 bits per heavy atom. The smallest absolute Gasteiger partial charge is 0.139 e.